The fraction of sp³-hybridized carbons (Fsp3) is 0.524. The van der Waals surface area contributed by atoms with E-state index in [-0.39, 0.29) is 29.9 Å². The van der Waals surface area contributed by atoms with Crippen molar-refractivity contribution in [3.05, 3.63) is 48.0 Å². The molecule has 0 aliphatic rings. The van der Waals surface area contributed by atoms with Crippen molar-refractivity contribution in [3.63, 3.8) is 0 Å². The van der Waals surface area contributed by atoms with E-state index in [1.807, 2.05) is 59.7 Å². The Morgan fingerprint density at radius 3 is 2.20 bits per heavy atom. The van der Waals surface area contributed by atoms with Crippen molar-refractivity contribution in [2.45, 2.75) is 59.7 Å². The average molecular weight is 346 g/mol. The molecular formula is C21H30O4. The van der Waals surface area contributed by atoms with E-state index in [4.69, 9.17) is 9.47 Å². The number of allylic oxidation sites excluding steroid dienone is 1. The van der Waals surface area contributed by atoms with Gasteiger partial charge < -0.3 is 9.47 Å². The first-order valence-electron chi connectivity index (χ1n) is 8.75. The van der Waals surface area contributed by atoms with Gasteiger partial charge in [0.2, 0.25) is 0 Å². The first kappa shape index (κ1) is 20.9. The Labute approximate surface area is 151 Å². The lowest BCUT2D eigenvalue weighted by Gasteiger charge is -2.27. The van der Waals surface area contributed by atoms with Crippen LogP contribution in [0.4, 0.5) is 0 Å². The maximum Gasteiger partial charge on any atom is 0.338 e. The summed E-state index contributed by atoms with van der Waals surface area (Å²) in [6.45, 7) is 11.6. The number of carbonyl (C=O) groups excluding carboxylic acids is 2. The van der Waals surface area contributed by atoms with Gasteiger partial charge >= 0.3 is 11.9 Å². The summed E-state index contributed by atoms with van der Waals surface area (Å²) in [4.78, 5) is 24.0. The number of esters is 2. The smallest absolute Gasteiger partial charge is 0.338 e. The summed E-state index contributed by atoms with van der Waals surface area (Å²) in [5.41, 5.74) is 0.0447. The third-order valence-electron chi connectivity index (χ3n) is 3.64. The quantitative estimate of drug-likeness (QED) is 0.526. The van der Waals surface area contributed by atoms with Crippen molar-refractivity contribution in [2.24, 2.45) is 11.8 Å². The van der Waals surface area contributed by atoms with Crippen LogP contribution in [-0.2, 0) is 14.3 Å². The highest BCUT2D eigenvalue weighted by molar-refractivity contribution is 5.89. The Balaban J connectivity index is 2.63. The molecule has 1 rings (SSSR count). The van der Waals surface area contributed by atoms with Crippen molar-refractivity contribution in [1.29, 1.82) is 0 Å². The van der Waals surface area contributed by atoms with Crippen molar-refractivity contribution in [1.82, 2.24) is 0 Å². The molecule has 0 aliphatic carbocycles. The Bertz CT molecular complexity index is 582. The Kier molecular flexibility index (Phi) is 7.88. The van der Waals surface area contributed by atoms with Crippen molar-refractivity contribution < 1.29 is 19.1 Å². The molecule has 0 spiro atoms. The van der Waals surface area contributed by atoms with Gasteiger partial charge in [0.05, 0.1) is 5.56 Å². The number of ether oxygens (including phenoxy) is 2. The van der Waals surface area contributed by atoms with Crippen LogP contribution in [0.3, 0.4) is 0 Å². The predicted octanol–water partition coefficient (Wildman–Crippen LogP) is 4.79. The Morgan fingerprint density at radius 1 is 1.08 bits per heavy atom. The zero-order valence-corrected chi connectivity index (χ0v) is 16.1. The fourth-order valence-corrected chi connectivity index (χ4v) is 2.52. The van der Waals surface area contributed by atoms with Crippen LogP contribution in [0.5, 0.6) is 0 Å². The van der Waals surface area contributed by atoms with E-state index in [1.54, 1.807) is 18.2 Å². The zero-order chi connectivity index (χ0) is 19.0. The first-order chi connectivity index (χ1) is 11.6. The molecule has 0 radical (unpaired) electrons. The van der Waals surface area contributed by atoms with Gasteiger partial charge in [-0.1, -0.05) is 45.0 Å². The molecule has 4 nitrogen and oxygen atoms in total. The first-order valence-corrected chi connectivity index (χ1v) is 8.75. The van der Waals surface area contributed by atoms with Crippen LogP contribution >= 0.6 is 0 Å². The van der Waals surface area contributed by atoms with E-state index in [0.29, 0.717) is 12.0 Å². The Hall–Kier alpha value is -2.10. The van der Waals surface area contributed by atoms with Gasteiger partial charge in [-0.25, -0.2) is 9.59 Å². The molecular weight excluding hydrogens is 316 g/mol. The summed E-state index contributed by atoms with van der Waals surface area (Å²) in [5, 5.41) is 0. The van der Waals surface area contributed by atoms with Gasteiger partial charge in [0.25, 0.3) is 0 Å². The van der Waals surface area contributed by atoms with Gasteiger partial charge in [-0.2, -0.15) is 0 Å². The van der Waals surface area contributed by atoms with Gasteiger partial charge in [0.1, 0.15) is 11.7 Å². The second-order valence-electron chi connectivity index (χ2n) is 7.63. The molecule has 0 aliphatic heterocycles. The fourth-order valence-electron chi connectivity index (χ4n) is 2.52. The molecule has 0 fully saturated rings. The molecule has 0 amide bonds. The van der Waals surface area contributed by atoms with Gasteiger partial charge in [0.15, 0.2) is 0 Å². The second-order valence-corrected chi connectivity index (χ2v) is 7.63. The molecule has 0 saturated heterocycles. The molecule has 0 saturated carbocycles. The third kappa shape index (κ3) is 8.01. The molecule has 0 heterocycles. The van der Waals surface area contributed by atoms with Gasteiger partial charge in [-0.05, 0) is 51.2 Å². The summed E-state index contributed by atoms with van der Waals surface area (Å²) < 4.78 is 10.9. The lowest BCUT2D eigenvalue weighted by atomic mass is 9.92. The topological polar surface area (TPSA) is 52.6 Å². The Morgan fingerprint density at radius 2 is 1.68 bits per heavy atom. The summed E-state index contributed by atoms with van der Waals surface area (Å²) in [6, 6.07) is 8.97. The van der Waals surface area contributed by atoms with Crippen LogP contribution in [0.2, 0.25) is 0 Å². The van der Waals surface area contributed by atoms with Crippen molar-refractivity contribution >= 4 is 11.9 Å². The summed E-state index contributed by atoms with van der Waals surface area (Å²) in [7, 11) is 0. The molecule has 0 bridgehead atoms. The van der Waals surface area contributed by atoms with Crippen LogP contribution in [0, 0.1) is 11.8 Å². The molecule has 25 heavy (non-hydrogen) atoms. The number of hydrogen-bond acceptors (Lipinski definition) is 4. The summed E-state index contributed by atoms with van der Waals surface area (Å²) >= 11 is 0. The lowest BCUT2D eigenvalue weighted by Crippen LogP contribution is -2.30. The molecule has 1 aromatic carbocycles. The SMILES string of the molecule is CC(C)[C@@H](OC(=O)c1ccccc1)[C@@H](C)C/C=C/C(=O)OC(C)(C)C. The number of carbonyl (C=O) groups is 2. The largest absolute Gasteiger partial charge is 0.458 e. The van der Waals surface area contributed by atoms with Crippen molar-refractivity contribution in [2.75, 3.05) is 0 Å². The van der Waals surface area contributed by atoms with Crippen LogP contribution in [0.25, 0.3) is 0 Å². The van der Waals surface area contributed by atoms with E-state index >= 15 is 0 Å². The number of benzene rings is 1. The molecule has 0 aromatic heterocycles. The van der Waals surface area contributed by atoms with Crippen LogP contribution in [-0.4, -0.2) is 23.6 Å². The van der Waals surface area contributed by atoms with E-state index < -0.39 is 5.60 Å². The van der Waals surface area contributed by atoms with Gasteiger partial charge in [-0.3, -0.25) is 0 Å². The van der Waals surface area contributed by atoms with E-state index in [0.717, 1.165) is 0 Å². The molecule has 1 aromatic rings. The standard InChI is InChI=1S/C21H30O4/c1-15(2)19(24-20(23)17-12-8-7-9-13-17)16(3)11-10-14-18(22)25-21(4,5)6/h7-10,12-16,19H,11H2,1-6H3/b14-10+/t16-,19+/m0/s1. The van der Waals surface area contributed by atoms with Gasteiger partial charge in [0, 0.05) is 6.08 Å². The molecule has 138 valence electrons. The molecule has 2 atom stereocenters. The minimum atomic E-state index is -0.501. The lowest BCUT2D eigenvalue weighted by molar-refractivity contribution is -0.148. The maximum absolute atomic E-state index is 12.3. The number of rotatable bonds is 7. The minimum Gasteiger partial charge on any atom is -0.458 e. The van der Waals surface area contributed by atoms with Crippen LogP contribution in [0.15, 0.2) is 42.5 Å². The summed E-state index contributed by atoms with van der Waals surface area (Å²) in [6.07, 6.45) is 3.63. The monoisotopic (exact) mass is 346 g/mol. The number of hydrogen-bond donors (Lipinski definition) is 0. The highest BCUT2D eigenvalue weighted by atomic mass is 16.6. The molecule has 0 unspecified atom stereocenters. The van der Waals surface area contributed by atoms with E-state index in [1.165, 1.54) is 6.08 Å². The predicted molar refractivity (Wildman–Crippen MR) is 99.2 cm³/mol. The maximum atomic E-state index is 12.3. The highest BCUT2D eigenvalue weighted by Gasteiger charge is 2.25. The van der Waals surface area contributed by atoms with E-state index in [9.17, 15) is 9.59 Å². The second kappa shape index (κ2) is 9.40. The summed E-state index contributed by atoms with van der Waals surface area (Å²) in [5.74, 6) is -0.409. The average Bonchev–Trinajstić information content (AvgIpc) is 2.51. The van der Waals surface area contributed by atoms with Crippen LogP contribution < -0.4 is 0 Å². The van der Waals surface area contributed by atoms with Crippen molar-refractivity contribution in [3.8, 4) is 0 Å². The zero-order valence-electron chi connectivity index (χ0n) is 16.1. The van der Waals surface area contributed by atoms with Crippen LogP contribution in [0.1, 0.15) is 58.3 Å². The normalized spacial score (nSPS) is 14.4. The highest BCUT2D eigenvalue weighted by Crippen LogP contribution is 2.22. The van der Waals surface area contributed by atoms with Gasteiger partial charge in [-0.15, -0.1) is 0 Å². The van der Waals surface area contributed by atoms with E-state index in [2.05, 4.69) is 0 Å². The molecule has 0 N–H and O–H groups in total. The minimum absolute atomic E-state index is 0.0892. The third-order valence-corrected chi connectivity index (χ3v) is 3.64. The molecule has 4 heteroatoms.